The number of rotatable bonds is 4. The third-order valence-corrected chi connectivity index (χ3v) is 4.64. The van der Waals surface area contributed by atoms with Crippen LogP contribution in [0.2, 0.25) is 0 Å². The van der Waals surface area contributed by atoms with E-state index in [0.717, 1.165) is 44.5 Å². The van der Waals surface area contributed by atoms with Gasteiger partial charge in [0.2, 0.25) is 5.91 Å². The van der Waals surface area contributed by atoms with Gasteiger partial charge in [0.05, 0.1) is 12.0 Å². The Labute approximate surface area is 131 Å². The van der Waals surface area contributed by atoms with Crippen LogP contribution < -0.4 is 0 Å². The molecule has 3 atom stereocenters. The van der Waals surface area contributed by atoms with Crippen molar-refractivity contribution in [3.05, 3.63) is 24.8 Å². The zero-order valence-corrected chi connectivity index (χ0v) is 13.1. The number of ether oxygens (including phenoxy) is 1. The van der Waals surface area contributed by atoms with Crippen molar-refractivity contribution in [3.63, 3.8) is 0 Å². The first-order chi connectivity index (χ1) is 10.6. The van der Waals surface area contributed by atoms with Gasteiger partial charge in [-0.05, 0) is 32.1 Å². The maximum atomic E-state index is 12.8. The van der Waals surface area contributed by atoms with E-state index in [-0.39, 0.29) is 17.9 Å². The van der Waals surface area contributed by atoms with Crippen molar-refractivity contribution in [2.75, 3.05) is 19.7 Å². The molecule has 22 heavy (non-hydrogen) atoms. The van der Waals surface area contributed by atoms with Gasteiger partial charge in [0.15, 0.2) is 0 Å². The maximum Gasteiger partial charge on any atom is 0.228 e. The SMILES string of the molecule is C=C(C)[C@H]1OCC[C@H]1C(=O)N1CCCC(Cn2cncn2)C1. The van der Waals surface area contributed by atoms with Crippen LogP contribution in [0.25, 0.3) is 0 Å². The highest BCUT2D eigenvalue weighted by molar-refractivity contribution is 5.80. The summed E-state index contributed by atoms with van der Waals surface area (Å²) in [4.78, 5) is 18.8. The van der Waals surface area contributed by atoms with Gasteiger partial charge in [0.1, 0.15) is 12.7 Å². The van der Waals surface area contributed by atoms with Gasteiger partial charge in [0, 0.05) is 26.2 Å². The quantitative estimate of drug-likeness (QED) is 0.791. The first-order valence-corrected chi connectivity index (χ1v) is 8.03. The zero-order chi connectivity index (χ0) is 15.5. The second-order valence-corrected chi connectivity index (χ2v) is 6.44. The Balaban J connectivity index is 1.61. The number of likely N-dealkylation sites (tertiary alicyclic amines) is 1. The molecule has 120 valence electrons. The molecule has 0 aromatic carbocycles. The number of hydrogen-bond acceptors (Lipinski definition) is 4. The molecule has 2 aliphatic rings. The standard InChI is InChI=1S/C16H24N4O2/c1-12(2)15-14(5-7-22-15)16(21)19-6-3-4-13(8-19)9-20-11-17-10-18-20/h10-11,13-15H,1,3-9H2,2H3/t13?,14-,15-/m1/s1. The van der Waals surface area contributed by atoms with E-state index >= 15 is 0 Å². The van der Waals surface area contributed by atoms with Gasteiger partial charge in [0.25, 0.3) is 0 Å². The molecule has 0 saturated carbocycles. The van der Waals surface area contributed by atoms with Crippen molar-refractivity contribution in [2.45, 2.75) is 38.8 Å². The Bertz CT molecular complexity index is 528. The second kappa shape index (κ2) is 6.60. The molecule has 6 heteroatoms. The van der Waals surface area contributed by atoms with Crippen LogP contribution in [-0.4, -0.2) is 51.4 Å². The zero-order valence-electron chi connectivity index (χ0n) is 13.1. The van der Waals surface area contributed by atoms with Crippen LogP contribution in [-0.2, 0) is 16.1 Å². The molecule has 2 fully saturated rings. The van der Waals surface area contributed by atoms with E-state index < -0.39 is 0 Å². The fourth-order valence-corrected chi connectivity index (χ4v) is 3.57. The summed E-state index contributed by atoms with van der Waals surface area (Å²) in [7, 11) is 0. The van der Waals surface area contributed by atoms with Gasteiger partial charge >= 0.3 is 0 Å². The number of hydrogen-bond donors (Lipinski definition) is 0. The molecule has 0 radical (unpaired) electrons. The summed E-state index contributed by atoms with van der Waals surface area (Å²) in [5.74, 6) is 0.626. The molecule has 0 bridgehead atoms. The summed E-state index contributed by atoms with van der Waals surface area (Å²) < 4.78 is 7.54. The highest BCUT2D eigenvalue weighted by Crippen LogP contribution is 2.29. The molecule has 6 nitrogen and oxygen atoms in total. The number of nitrogens with zero attached hydrogens (tertiary/aromatic N) is 4. The van der Waals surface area contributed by atoms with Gasteiger partial charge < -0.3 is 9.64 Å². The summed E-state index contributed by atoms with van der Waals surface area (Å²) in [5, 5.41) is 4.16. The van der Waals surface area contributed by atoms with E-state index in [9.17, 15) is 4.79 Å². The molecule has 0 spiro atoms. The van der Waals surface area contributed by atoms with Crippen LogP contribution in [0.15, 0.2) is 24.8 Å². The average molecular weight is 304 g/mol. The minimum Gasteiger partial charge on any atom is -0.373 e. The minimum absolute atomic E-state index is 0.0531. The van der Waals surface area contributed by atoms with E-state index in [1.54, 1.807) is 12.7 Å². The summed E-state index contributed by atoms with van der Waals surface area (Å²) in [6, 6.07) is 0. The predicted molar refractivity (Wildman–Crippen MR) is 82.0 cm³/mol. The van der Waals surface area contributed by atoms with Crippen molar-refractivity contribution >= 4 is 5.91 Å². The number of carbonyl (C=O) groups is 1. The molecule has 1 aromatic heterocycles. The fourth-order valence-electron chi connectivity index (χ4n) is 3.57. The molecule has 0 aliphatic carbocycles. The van der Waals surface area contributed by atoms with E-state index in [1.807, 2.05) is 16.5 Å². The Morgan fingerprint density at radius 1 is 1.45 bits per heavy atom. The van der Waals surface area contributed by atoms with Gasteiger partial charge in [-0.15, -0.1) is 0 Å². The molecule has 3 rings (SSSR count). The van der Waals surface area contributed by atoms with Crippen molar-refractivity contribution in [1.82, 2.24) is 19.7 Å². The third-order valence-electron chi connectivity index (χ3n) is 4.64. The molecule has 1 aromatic rings. The number of amides is 1. The first-order valence-electron chi connectivity index (χ1n) is 8.03. The molecule has 0 N–H and O–H groups in total. The van der Waals surface area contributed by atoms with E-state index in [4.69, 9.17) is 4.74 Å². The third kappa shape index (κ3) is 3.21. The summed E-state index contributed by atoms with van der Waals surface area (Å²) in [6.07, 6.45) is 6.18. The average Bonchev–Trinajstić information content (AvgIpc) is 3.17. The minimum atomic E-state index is -0.108. The molecule has 2 saturated heterocycles. The molecule has 3 heterocycles. The fraction of sp³-hybridized carbons (Fsp3) is 0.688. The van der Waals surface area contributed by atoms with Crippen molar-refractivity contribution in [1.29, 1.82) is 0 Å². The normalized spacial score (nSPS) is 28.8. The lowest BCUT2D eigenvalue weighted by Crippen LogP contribution is -2.45. The van der Waals surface area contributed by atoms with Crippen LogP contribution in [0.5, 0.6) is 0 Å². The molecule has 2 aliphatic heterocycles. The van der Waals surface area contributed by atoms with Crippen LogP contribution in [0.3, 0.4) is 0 Å². The second-order valence-electron chi connectivity index (χ2n) is 6.44. The van der Waals surface area contributed by atoms with Crippen molar-refractivity contribution < 1.29 is 9.53 Å². The Morgan fingerprint density at radius 3 is 3.05 bits per heavy atom. The van der Waals surface area contributed by atoms with Gasteiger partial charge in [-0.25, -0.2) is 4.98 Å². The maximum absolute atomic E-state index is 12.8. The summed E-state index contributed by atoms with van der Waals surface area (Å²) in [6.45, 7) is 9.05. The topological polar surface area (TPSA) is 60.2 Å². The Kier molecular flexibility index (Phi) is 4.57. The lowest BCUT2D eigenvalue weighted by molar-refractivity contribution is -0.138. The summed E-state index contributed by atoms with van der Waals surface area (Å²) in [5.41, 5.74) is 0.951. The first kappa shape index (κ1) is 15.2. The number of aromatic nitrogens is 3. The highest BCUT2D eigenvalue weighted by atomic mass is 16.5. The highest BCUT2D eigenvalue weighted by Gasteiger charge is 2.38. The van der Waals surface area contributed by atoms with Crippen LogP contribution >= 0.6 is 0 Å². The number of piperidine rings is 1. The van der Waals surface area contributed by atoms with Gasteiger partial charge in [-0.2, -0.15) is 5.10 Å². The van der Waals surface area contributed by atoms with Crippen LogP contribution in [0.4, 0.5) is 0 Å². The van der Waals surface area contributed by atoms with Gasteiger partial charge in [-0.1, -0.05) is 12.2 Å². The van der Waals surface area contributed by atoms with E-state index in [1.165, 1.54) is 0 Å². The molecule has 1 unspecified atom stereocenters. The smallest absolute Gasteiger partial charge is 0.228 e. The lowest BCUT2D eigenvalue weighted by Gasteiger charge is -2.35. The van der Waals surface area contributed by atoms with E-state index in [0.29, 0.717) is 12.5 Å². The van der Waals surface area contributed by atoms with E-state index in [2.05, 4.69) is 16.7 Å². The molecular formula is C16H24N4O2. The van der Waals surface area contributed by atoms with Crippen molar-refractivity contribution in [3.8, 4) is 0 Å². The monoisotopic (exact) mass is 304 g/mol. The Morgan fingerprint density at radius 2 is 2.32 bits per heavy atom. The van der Waals surface area contributed by atoms with Crippen LogP contribution in [0, 0.1) is 11.8 Å². The van der Waals surface area contributed by atoms with Crippen LogP contribution in [0.1, 0.15) is 26.2 Å². The largest absolute Gasteiger partial charge is 0.373 e. The molecular weight excluding hydrogens is 280 g/mol. The predicted octanol–water partition coefficient (Wildman–Crippen LogP) is 1.50. The van der Waals surface area contributed by atoms with Crippen molar-refractivity contribution in [2.24, 2.45) is 11.8 Å². The molecule has 1 amide bonds. The Hall–Kier alpha value is -1.69. The summed E-state index contributed by atoms with van der Waals surface area (Å²) >= 11 is 0. The lowest BCUT2D eigenvalue weighted by atomic mass is 9.92. The number of carbonyl (C=O) groups excluding carboxylic acids is 1. The van der Waals surface area contributed by atoms with Gasteiger partial charge in [-0.3, -0.25) is 9.48 Å².